The molecule has 2 aromatic heterocycles. The zero-order chi connectivity index (χ0) is 17.9. The molecule has 1 fully saturated rings. The van der Waals surface area contributed by atoms with Crippen LogP contribution in [-0.2, 0) is 17.8 Å². The fourth-order valence-corrected chi connectivity index (χ4v) is 4.09. The third kappa shape index (κ3) is 4.00. The van der Waals surface area contributed by atoms with Gasteiger partial charge in [-0.15, -0.1) is 11.3 Å². The van der Waals surface area contributed by atoms with Crippen LogP contribution in [0.2, 0.25) is 0 Å². The van der Waals surface area contributed by atoms with E-state index in [1.807, 2.05) is 17.5 Å². The lowest BCUT2D eigenvalue weighted by Gasteiger charge is -2.24. The Kier molecular flexibility index (Phi) is 5.10. The molecule has 0 bridgehead atoms. The lowest BCUT2D eigenvalue weighted by Crippen LogP contribution is -2.32. The van der Waals surface area contributed by atoms with Gasteiger partial charge in [-0.05, 0) is 42.0 Å². The number of nitrogens with one attached hydrogen (secondary N) is 1. The lowest BCUT2D eigenvalue weighted by atomic mass is 10.1. The fourth-order valence-electron chi connectivity index (χ4n) is 3.36. The van der Waals surface area contributed by atoms with E-state index in [0.717, 1.165) is 37.1 Å². The largest absolute Gasteiger partial charge is 0.377 e. The highest BCUT2D eigenvalue weighted by Gasteiger charge is 2.20. The Bertz CT molecular complexity index is 949. The van der Waals surface area contributed by atoms with E-state index in [1.165, 1.54) is 17.4 Å². The molecule has 1 aliphatic heterocycles. The van der Waals surface area contributed by atoms with Gasteiger partial charge >= 0.3 is 0 Å². The van der Waals surface area contributed by atoms with Gasteiger partial charge in [0, 0.05) is 19.7 Å². The van der Waals surface area contributed by atoms with Crippen LogP contribution in [0.1, 0.15) is 24.2 Å². The number of thiophene rings is 1. The van der Waals surface area contributed by atoms with Crippen molar-refractivity contribution in [1.29, 1.82) is 0 Å². The molecule has 1 saturated heterocycles. The van der Waals surface area contributed by atoms with Crippen molar-refractivity contribution in [3.8, 4) is 0 Å². The Hall–Kier alpha value is -2.09. The topological polar surface area (TPSA) is 58.2 Å². The Balaban J connectivity index is 1.57. The monoisotopic (exact) mass is 373 g/mol. The first-order valence-corrected chi connectivity index (χ1v) is 9.60. The molecule has 0 aliphatic carbocycles. The molecule has 0 spiro atoms. The van der Waals surface area contributed by atoms with Gasteiger partial charge in [0.2, 0.25) is 0 Å². The summed E-state index contributed by atoms with van der Waals surface area (Å²) in [6.07, 6.45) is 2.25. The Morgan fingerprint density at radius 3 is 3.08 bits per heavy atom. The second-order valence-corrected chi connectivity index (χ2v) is 7.50. The summed E-state index contributed by atoms with van der Waals surface area (Å²) in [7, 11) is 0. The third-order valence-corrected chi connectivity index (χ3v) is 5.42. The molecule has 3 aromatic rings. The minimum absolute atomic E-state index is 0.108. The second kappa shape index (κ2) is 7.65. The summed E-state index contributed by atoms with van der Waals surface area (Å²) in [4.78, 5) is 21.8. The third-order valence-electron chi connectivity index (χ3n) is 4.52. The summed E-state index contributed by atoms with van der Waals surface area (Å²) in [5.74, 6) is 0.376. The molecule has 1 unspecified atom stereocenters. The number of benzene rings is 1. The molecule has 136 valence electrons. The molecule has 0 saturated carbocycles. The van der Waals surface area contributed by atoms with E-state index < -0.39 is 0 Å². The maximum atomic E-state index is 13.5. The molecule has 26 heavy (non-hydrogen) atoms. The number of ether oxygens (including phenoxy) is 1. The predicted molar refractivity (Wildman–Crippen MR) is 99.7 cm³/mol. The SMILES string of the molecule is O=c1[nH]c(CN(Cc2cccc(F)c2)CC2CCCO2)nc2ccsc12. The number of rotatable bonds is 6. The van der Waals surface area contributed by atoms with Gasteiger partial charge in [-0.2, -0.15) is 0 Å². The van der Waals surface area contributed by atoms with Gasteiger partial charge in [0.1, 0.15) is 16.3 Å². The summed E-state index contributed by atoms with van der Waals surface area (Å²) < 4.78 is 19.9. The zero-order valence-electron chi connectivity index (χ0n) is 14.3. The van der Waals surface area contributed by atoms with Crippen LogP contribution >= 0.6 is 11.3 Å². The Morgan fingerprint density at radius 2 is 2.27 bits per heavy atom. The first-order chi connectivity index (χ1) is 12.7. The number of hydrogen-bond donors (Lipinski definition) is 1. The average Bonchev–Trinajstić information content (AvgIpc) is 3.26. The van der Waals surface area contributed by atoms with Crippen molar-refractivity contribution >= 4 is 21.6 Å². The predicted octanol–water partition coefficient (Wildman–Crippen LogP) is 3.30. The van der Waals surface area contributed by atoms with Crippen LogP contribution < -0.4 is 5.56 Å². The smallest absolute Gasteiger partial charge is 0.268 e. The quantitative estimate of drug-likeness (QED) is 0.720. The van der Waals surface area contributed by atoms with E-state index >= 15 is 0 Å². The van der Waals surface area contributed by atoms with Gasteiger partial charge in [-0.1, -0.05) is 12.1 Å². The van der Waals surface area contributed by atoms with Crippen molar-refractivity contribution in [2.45, 2.75) is 32.0 Å². The summed E-state index contributed by atoms with van der Waals surface area (Å²) in [5, 5.41) is 1.87. The molecule has 7 heteroatoms. The van der Waals surface area contributed by atoms with E-state index in [0.29, 0.717) is 23.6 Å². The van der Waals surface area contributed by atoms with Crippen LogP contribution in [0, 0.1) is 5.82 Å². The van der Waals surface area contributed by atoms with Crippen molar-refractivity contribution in [1.82, 2.24) is 14.9 Å². The van der Waals surface area contributed by atoms with Crippen LogP contribution in [-0.4, -0.2) is 34.1 Å². The lowest BCUT2D eigenvalue weighted by molar-refractivity contribution is 0.0670. The molecular formula is C19H20FN3O2S. The molecule has 5 nitrogen and oxygen atoms in total. The van der Waals surface area contributed by atoms with Crippen molar-refractivity contribution < 1.29 is 9.13 Å². The van der Waals surface area contributed by atoms with E-state index in [4.69, 9.17) is 4.74 Å². The normalized spacial score (nSPS) is 17.4. The minimum atomic E-state index is -0.245. The average molecular weight is 373 g/mol. The molecule has 1 aliphatic rings. The molecule has 0 radical (unpaired) electrons. The van der Waals surface area contributed by atoms with Gasteiger partial charge in [0.25, 0.3) is 5.56 Å². The summed E-state index contributed by atoms with van der Waals surface area (Å²) in [6.45, 7) is 2.57. The van der Waals surface area contributed by atoms with Gasteiger partial charge in [0.15, 0.2) is 0 Å². The zero-order valence-corrected chi connectivity index (χ0v) is 15.1. The van der Waals surface area contributed by atoms with Crippen molar-refractivity contribution in [3.63, 3.8) is 0 Å². The first kappa shape index (κ1) is 17.3. The second-order valence-electron chi connectivity index (χ2n) is 6.58. The highest BCUT2D eigenvalue weighted by Crippen LogP contribution is 2.18. The Morgan fingerprint density at radius 1 is 1.35 bits per heavy atom. The van der Waals surface area contributed by atoms with Gasteiger partial charge in [-0.25, -0.2) is 9.37 Å². The molecule has 1 aromatic carbocycles. The van der Waals surface area contributed by atoms with E-state index in [1.54, 1.807) is 12.1 Å². The van der Waals surface area contributed by atoms with Crippen LogP contribution in [0.4, 0.5) is 4.39 Å². The van der Waals surface area contributed by atoms with Gasteiger partial charge in [0.05, 0.1) is 18.2 Å². The maximum Gasteiger partial charge on any atom is 0.268 e. The molecule has 4 rings (SSSR count). The minimum Gasteiger partial charge on any atom is -0.377 e. The van der Waals surface area contributed by atoms with Crippen LogP contribution in [0.3, 0.4) is 0 Å². The highest BCUT2D eigenvalue weighted by molar-refractivity contribution is 7.17. The summed E-state index contributed by atoms with van der Waals surface area (Å²) in [6, 6.07) is 8.46. The van der Waals surface area contributed by atoms with Crippen molar-refractivity contribution in [2.75, 3.05) is 13.2 Å². The van der Waals surface area contributed by atoms with Crippen LogP contribution in [0.25, 0.3) is 10.2 Å². The number of fused-ring (bicyclic) bond motifs is 1. The van der Waals surface area contributed by atoms with Crippen molar-refractivity contribution in [3.05, 3.63) is 63.3 Å². The first-order valence-electron chi connectivity index (χ1n) is 8.72. The van der Waals surface area contributed by atoms with Crippen LogP contribution in [0.5, 0.6) is 0 Å². The maximum absolute atomic E-state index is 13.5. The van der Waals surface area contributed by atoms with Crippen molar-refractivity contribution in [2.24, 2.45) is 0 Å². The standard InChI is InChI=1S/C19H20FN3O2S/c20-14-4-1-3-13(9-14)10-23(11-15-5-2-7-25-15)12-17-21-16-6-8-26-18(16)19(24)22-17/h1,3-4,6,8-9,15H,2,5,7,10-12H2,(H,21,22,24). The number of nitrogens with zero attached hydrogens (tertiary/aromatic N) is 2. The Labute approximate surface area is 154 Å². The number of aromatic nitrogens is 2. The molecule has 1 atom stereocenters. The molecule has 0 amide bonds. The molecule has 3 heterocycles. The summed E-state index contributed by atoms with van der Waals surface area (Å²) in [5.41, 5.74) is 1.50. The number of H-pyrrole nitrogens is 1. The number of aromatic amines is 1. The highest BCUT2D eigenvalue weighted by atomic mass is 32.1. The van der Waals surface area contributed by atoms with E-state index in [9.17, 15) is 9.18 Å². The van der Waals surface area contributed by atoms with Gasteiger partial charge < -0.3 is 9.72 Å². The van der Waals surface area contributed by atoms with E-state index in [2.05, 4.69) is 14.9 Å². The molecule has 1 N–H and O–H groups in total. The molecular weight excluding hydrogens is 353 g/mol. The fraction of sp³-hybridized carbons (Fsp3) is 0.368. The van der Waals surface area contributed by atoms with E-state index in [-0.39, 0.29) is 17.5 Å². The van der Waals surface area contributed by atoms with Crippen LogP contribution in [0.15, 0.2) is 40.5 Å². The van der Waals surface area contributed by atoms with Gasteiger partial charge in [-0.3, -0.25) is 9.69 Å². The number of hydrogen-bond acceptors (Lipinski definition) is 5. The number of halogens is 1. The summed E-state index contributed by atoms with van der Waals surface area (Å²) >= 11 is 1.39.